The van der Waals surface area contributed by atoms with E-state index in [0.29, 0.717) is 49.7 Å². The highest BCUT2D eigenvalue weighted by atomic mass is 32.2. The molecular weight excluding hydrogens is 468 g/mol. The summed E-state index contributed by atoms with van der Waals surface area (Å²) in [5.41, 5.74) is 3.15. The van der Waals surface area contributed by atoms with Crippen molar-refractivity contribution >= 4 is 21.6 Å². The molecule has 1 fully saturated rings. The number of rotatable bonds is 5. The van der Waals surface area contributed by atoms with Crippen LogP contribution >= 0.6 is 0 Å². The SMILES string of the molecule is Cc1ccc(-c2ccc(=O)n(CC(=O)N3CCc4ccccc43)n2)cc1S(=O)(=O)N1CCOCC1. The molecule has 1 amide bonds. The van der Waals surface area contributed by atoms with Gasteiger partial charge in [0.05, 0.1) is 23.8 Å². The Morgan fingerprint density at radius 2 is 1.80 bits per heavy atom. The number of ether oxygens (including phenoxy) is 1. The maximum absolute atomic E-state index is 13.3. The molecule has 35 heavy (non-hydrogen) atoms. The minimum absolute atomic E-state index is 0.196. The zero-order chi connectivity index (χ0) is 24.6. The van der Waals surface area contributed by atoms with Gasteiger partial charge in [-0.25, -0.2) is 13.1 Å². The average molecular weight is 495 g/mol. The van der Waals surface area contributed by atoms with Crippen molar-refractivity contribution < 1.29 is 17.9 Å². The first-order valence-corrected chi connectivity index (χ1v) is 12.9. The Hall–Kier alpha value is -3.34. The molecule has 182 valence electrons. The predicted molar refractivity (Wildman–Crippen MR) is 131 cm³/mol. The molecule has 1 saturated heterocycles. The minimum Gasteiger partial charge on any atom is -0.379 e. The highest BCUT2D eigenvalue weighted by Gasteiger charge is 2.28. The predicted octanol–water partition coefficient (Wildman–Crippen LogP) is 1.83. The lowest BCUT2D eigenvalue weighted by molar-refractivity contribution is -0.119. The van der Waals surface area contributed by atoms with Gasteiger partial charge in [-0.05, 0) is 42.7 Å². The number of aromatic nitrogens is 2. The highest BCUT2D eigenvalue weighted by Crippen LogP contribution is 2.28. The van der Waals surface area contributed by atoms with Crippen LogP contribution < -0.4 is 10.5 Å². The molecule has 5 rings (SSSR count). The van der Waals surface area contributed by atoms with Gasteiger partial charge >= 0.3 is 0 Å². The van der Waals surface area contributed by atoms with Gasteiger partial charge in [-0.2, -0.15) is 9.40 Å². The monoisotopic (exact) mass is 494 g/mol. The standard InChI is InChI=1S/C25H26N4O5S/c1-18-6-7-20(16-23(18)35(32,33)27-12-14-34-15-13-27)21-8-9-24(30)29(26-21)17-25(31)28-11-10-19-4-2-3-5-22(19)28/h2-9,16H,10-15,17H2,1H3. The van der Waals surface area contributed by atoms with Crippen molar-refractivity contribution in [1.82, 2.24) is 14.1 Å². The van der Waals surface area contributed by atoms with Crippen LogP contribution in [-0.2, 0) is 32.5 Å². The summed E-state index contributed by atoms with van der Waals surface area (Å²) in [6, 6.07) is 15.7. The molecule has 2 aliphatic rings. The molecule has 0 radical (unpaired) electrons. The average Bonchev–Trinajstić information content (AvgIpc) is 3.30. The number of amides is 1. The third-order valence-electron chi connectivity index (χ3n) is 6.41. The van der Waals surface area contributed by atoms with E-state index in [-0.39, 0.29) is 17.3 Å². The Bertz CT molecular complexity index is 1440. The van der Waals surface area contributed by atoms with Crippen molar-refractivity contribution in [1.29, 1.82) is 0 Å². The first-order chi connectivity index (χ1) is 16.8. The summed E-state index contributed by atoms with van der Waals surface area (Å²) < 4.78 is 34.3. The minimum atomic E-state index is -3.70. The third kappa shape index (κ3) is 4.52. The molecule has 0 N–H and O–H groups in total. The quantitative estimate of drug-likeness (QED) is 0.536. The lowest BCUT2D eigenvalue weighted by Crippen LogP contribution is -2.40. The number of fused-ring (bicyclic) bond motifs is 1. The van der Waals surface area contributed by atoms with Crippen LogP contribution in [0, 0.1) is 6.92 Å². The molecule has 10 heteroatoms. The van der Waals surface area contributed by atoms with Crippen molar-refractivity contribution in [2.75, 3.05) is 37.7 Å². The van der Waals surface area contributed by atoms with Crippen LogP contribution in [0.3, 0.4) is 0 Å². The van der Waals surface area contributed by atoms with Gasteiger partial charge < -0.3 is 9.64 Å². The summed E-state index contributed by atoms with van der Waals surface area (Å²) in [7, 11) is -3.70. The van der Waals surface area contributed by atoms with E-state index >= 15 is 0 Å². The summed E-state index contributed by atoms with van der Waals surface area (Å²) >= 11 is 0. The van der Waals surface area contributed by atoms with Crippen molar-refractivity contribution in [2.24, 2.45) is 0 Å². The largest absolute Gasteiger partial charge is 0.379 e. The van der Waals surface area contributed by atoms with Crippen molar-refractivity contribution in [3.63, 3.8) is 0 Å². The van der Waals surface area contributed by atoms with Crippen molar-refractivity contribution in [2.45, 2.75) is 24.8 Å². The number of para-hydroxylation sites is 1. The number of anilines is 1. The second-order valence-corrected chi connectivity index (χ2v) is 10.5. The number of carbonyl (C=O) groups is 1. The fourth-order valence-electron chi connectivity index (χ4n) is 4.49. The van der Waals surface area contributed by atoms with Crippen LogP contribution in [0.15, 0.2) is 64.3 Å². The number of carbonyl (C=O) groups excluding carboxylic acids is 1. The van der Waals surface area contributed by atoms with Gasteiger partial charge in [0, 0.05) is 37.0 Å². The van der Waals surface area contributed by atoms with Crippen LogP contribution in [0.1, 0.15) is 11.1 Å². The van der Waals surface area contributed by atoms with Gasteiger partial charge in [0.15, 0.2) is 0 Å². The molecule has 3 aromatic rings. The van der Waals surface area contributed by atoms with E-state index in [1.54, 1.807) is 36.1 Å². The number of aryl methyl sites for hydroxylation is 1. The summed E-state index contributed by atoms with van der Waals surface area (Å²) in [4.78, 5) is 27.4. The number of morpholine rings is 1. The Kier molecular flexibility index (Phi) is 6.26. The first-order valence-electron chi connectivity index (χ1n) is 11.5. The summed E-state index contributed by atoms with van der Waals surface area (Å²) in [6.07, 6.45) is 0.772. The highest BCUT2D eigenvalue weighted by molar-refractivity contribution is 7.89. The van der Waals surface area contributed by atoms with E-state index in [9.17, 15) is 18.0 Å². The number of hydrogen-bond acceptors (Lipinski definition) is 6. The van der Waals surface area contributed by atoms with Crippen LogP contribution in [0.2, 0.25) is 0 Å². The van der Waals surface area contributed by atoms with E-state index in [1.807, 2.05) is 24.3 Å². The maximum atomic E-state index is 13.3. The number of hydrogen-bond donors (Lipinski definition) is 0. The smallest absolute Gasteiger partial charge is 0.267 e. The van der Waals surface area contributed by atoms with Gasteiger partial charge in [-0.15, -0.1) is 0 Å². The molecule has 2 aliphatic heterocycles. The van der Waals surface area contributed by atoms with E-state index < -0.39 is 15.6 Å². The van der Waals surface area contributed by atoms with Gasteiger partial charge in [0.2, 0.25) is 15.9 Å². The molecule has 1 aromatic heterocycles. The van der Waals surface area contributed by atoms with Crippen LogP contribution in [0.25, 0.3) is 11.3 Å². The van der Waals surface area contributed by atoms with Crippen LogP contribution in [-0.4, -0.2) is 61.3 Å². The molecule has 9 nitrogen and oxygen atoms in total. The molecule has 3 heterocycles. The van der Waals surface area contributed by atoms with Crippen LogP contribution in [0.4, 0.5) is 5.69 Å². The van der Waals surface area contributed by atoms with E-state index in [1.165, 1.54) is 10.4 Å². The molecule has 0 spiro atoms. The molecule has 2 aromatic carbocycles. The van der Waals surface area contributed by atoms with Crippen LogP contribution in [0.5, 0.6) is 0 Å². The van der Waals surface area contributed by atoms with Gasteiger partial charge in [0.25, 0.3) is 5.56 Å². The fourth-order valence-corrected chi connectivity index (χ4v) is 6.15. The summed E-state index contributed by atoms with van der Waals surface area (Å²) in [5.74, 6) is -0.221. The van der Waals surface area contributed by atoms with Crippen molar-refractivity contribution in [3.8, 4) is 11.3 Å². The van der Waals surface area contributed by atoms with Gasteiger partial charge in [0.1, 0.15) is 6.54 Å². The first kappa shape index (κ1) is 23.4. The molecule has 0 atom stereocenters. The Labute approximate surface area is 203 Å². The molecule has 0 aliphatic carbocycles. The van der Waals surface area contributed by atoms with Crippen molar-refractivity contribution in [3.05, 3.63) is 76.1 Å². The Morgan fingerprint density at radius 3 is 2.60 bits per heavy atom. The maximum Gasteiger partial charge on any atom is 0.267 e. The lowest BCUT2D eigenvalue weighted by Gasteiger charge is -2.26. The van der Waals surface area contributed by atoms with Gasteiger partial charge in [-0.3, -0.25) is 9.59 Å². The van der Waals surface area contributed by atoms with E-state index in [2.05, 4.69) is 5.10 Å². The molecule has 0 unspecified atom stereocenters. The Morgan fingerprint density at radius 1 is 1.03 bits per heavy atom. The summed E-state index contributed by atoms with van der Waals surface area (Å²) in [5, 5.41) is 4.40. The lowest BCUT2D eigenvalue weighted by atomic mass is 10.1. The normalized spacial score (nSPS) is 16.3. The number of benzene rings is 2. The van der Waals surface area contributed by atoms with E-state index in [4.69, 9.17) is 4.74 Å². The Balaban J connectivity index is 1.43. The summed E-state index contributed by atoms with van der Waals surface area (Å²) in [6.45, 7) is 3.44. The van der Waals surface area contributed by atoms with E-state index in [0.717, 1.165) is 22.4 Å². The topological polar surface area (TPSA) is 102 Å². The second kappa shape index (κ2) is 9.37. The zero-order valence-electron chi connectivity index (χ0n) is 19.4. The number of sulfonamides is 1. The molecular formula is C25H26N4O5S. The zero-order valence-corrected chi connectivity index (χ0v) is 20.2. The molecule has 0 saturated carbocycles. The third-order valence-corrected chi connectivity index (χ3v) is 8.45. The van der Waals surface area contributed by atoms with Gasteiger partial charge in [-0.1, -0.05) is 30.3 Å². The molecule has 0 bridgehead atoms. The fraction of sp³-hybridized carbons (Fsp3) is 0.320. The number of nitrogens with zero attached hydrogens (tertiary/aromatic N) is 4. The second-order valence-electron chi connectivity index (χ2n) is 8.64.